The van der Waals surface area contributed by atoms with Gasteiger partial charge >= 0.3 is 0 Å². The van der Waals surface area contributed by atoms with E-state index < -0.39 is 5.41 Å². The Morgan fingerprint density at radius 1 is 0.491 bits per heavy atom. The van der Waals surface area contributed by atoms with Crippen molar-refractivity contribution in [3.8, 4) is 22.3 Å². The zero-order chi connectivity index (χ0) is 36.7. The van der Waals surface area contributed by atoms with Crippen LogP contribution in [-0.4, -0.2) is 0 Å². The molecule has 2 heteroatoms. The van der Waals surface area contributed by atoms with Crippen molar-refractivity contribution in [1.82, 2.24) is 0 Å². The molecule has 12 rings (SSSR count). The topological polar surface area (TPSA) is 0 Å². The third kappa shape index (κ3) is 3.94. The summed E-state index contributed by atoms with van der Waals surface area (Å²) < 4.78 is 33.6. The van der Waals surface area contributed by atoms with E-state index in [2.05, 4.69) is 147 Å². The van der Waals surface area contributed by atoms with E-state index in [1.54, 1.807) is 12.1 Å². The summed E-state index contributed by atoms with van der Waals surface area (Å²) in [5.74, 6) is -0.138. The average Bonchev–Trinajstić information content (AvgIpc) is 3.48. The lowest BCUT2D eigenvalue weighted by Crippen LogP contribution is -2.29. The van der Waals surface area contributed by atoms with E-state index in [0.29, 0.717) is 11.1 Å². The van der Waals surface area contributed by atoms with Gasteiger partial charge in [0.2, 0.25) is 0 Å². The monoisotopic (exact) mass is 710 g/mol. The minimum Gasteiger partial charge on any atom is -0.206 e. The summed E-state index contributed by atoms with van der Waals surface area (Å²) in [5.41, 5.74) is 11.5. The van der Waals surface area contributed by atoms with Gasteiger partial charge in [0.1, 0.15) is 11.6 Å². The molecular weight excluding hydrogens is 675 g/mol. The smallest absolute Gasteiger partial charge is 0.131 e. The van der Waals surface area contributed by atoms with Crippen molar-refractivity contribution in [3.63, 3.8) is 0 Å². The van der Waals surface area contributed by atoms with E-state index >= 15 is 8.78 Å². The molecule has 2 atom stereocenters. The fourth-order valence-electron chi connectivity index (χ4n) is 11.3. The first-order chi connectivity index (χ1) is 27.0. The number of fused-ring (bicyclic) bond motifs is 5. The van der Waals surface area contributed by atoms with Gasteiger partial charge in [-0.25, -0.2) is 8.78 Å². The highest BCUT2D eigenvalue weighted by atomic mass is 19.1. The Bertz CT molecular complexity index is 3080. The molecule has 7 aromatic rings. The van der Waals surface area contributed by atoms with Crippen molar-refractivity contribution in [1.29, 1.82) is 0 Å². The van der Waals surface area contributed by atoms with E-state index in [4.69, 9.17) is 0 Å². The summed E-state index contributed by atoms with van der Waals surface area (Å²) in [7, 11) is 0. The minimum atomic E-state index is -0.390. The van der Waals surface area contributed by atoms with Crippen LogP contribution in [0.3, 0.4) is 0 Å². The fourth-order valence-corrected chi connectivity index (χ4v) is 11.3. The lowest BCUT2D eigenvalue weighted by atomic mass is 9.63. The van der Waals surface area contributed by atoms with E-state index in [1.165, 1.54) is 54.6 Å². The van der Waals surface area contributed by atoms with Gasteiger partial charge in [-0.1, -0.05) is 135 Å². The highest BCUT2D eigenvalue weighted by Crippen LogP contribution is 2.57. The predicted molar refractivity (Wildman–Crippen MR) is 225 cm³/mol. The Kier molecular flexibility index (Phi) is 6.24. The number of allylic oxidation sites excluding steroid dienone is 14. The molecule has 262 valence electrons. The SMILES string of the molecule is CCC1(CC)c2cc(C3=C4C=CC5=CC=CC6=CC=C(C=C3)C4C56)c(F)cc2-c2cc(F)c(-c3ccc4c5cccc6cccc(c7cccc3c74)c65)cc21. The number of hydrogen-bond acceptors (Lipinski definition) is 0. The van der Waals surface area contributed by atoms with Gasteiger partial charge in [-0.3, -0.25) is 0 Å². The Morgan fingerprint density at radius 2 is 1.07 bits per heavy atom. The first kappa shape index (κ1) is 31.3. The molecule has 0 spiro atoms. The number of rotatable bonds is 4. The van der Waals surface area contributed by atoms with Gasteiger partial charge in [0, 0.05) is 28.4 Å². The molecule has 0 saturated carbocycles. The maximum absolute atomic E-state index is 16.9. The third-order valence-electron chi connectivity index (χ3n) is 13.8. The first-order valence-electron chi connectivity index (χ1n) is 19.7. The lowest BCUT2D eigenvalue weighted by molar-refractivity contribution is 0.488. The first-order valence-corrected chi connectivity index (χ1v) is 19.7. The molecule has 0 heterocycles. The second-order valence-corrected chi connectivity index (χ2v) is 16.0. The summed E-state index contributed by atoms with van der Waals surface area (Å²) >= 11 is 0. The molecule has 0 bridgehead atoms. The van der Waals surface area contributed by atoms with Crippen LogP contribution in [0.15, 0.2) is 168 Å². The van der Waals surface area contributed by atoms with Crippen molar-refractivity contribution in [2.24, 2.45) is 11.8 Å². The zero-order valence-electron chi connectivity index (χ0n) is 30.7. The number of halogens is 2. The van der Waals surface area contributed by atoms with Crippen LogP contribution in [0.5, 0.6) is 0 Å². The van der Waals surface area contributed by atoms with Crippen molar-refractivity contribution in [2.45, 2.75) is 32.1 Å². The second kappa shape index (κ2) is 11.0. The molecule has 0 aromatic heterocycles. The van der Waals surface area contributed by atoms with Crippen LogP contribution in [0.1, 0.15) is 43.4 Å². The molecule has 5 aliphatic rings. The van der Waals surface area contributed by atoms with Gasteiger partial charge in [0.05, 0.1) is 0 Å². The molecule has 0 nitrogen and oxygen atoms in total. The van der Waals surface area contributed by atoms with Gasteiger partial charge in [-0.2, -0.15) is 0 Å². The van der Waals surface area contributed by atoms with Crippen LogP contribution in [0.2, 0.25) is 0 Å². The van der Waals surface area contributed by atoms with E-state index in [0.717, 1.165) is 57.0 Å². The molecule has 5 aliphatic carbocycles. The van der Waals surface area contributed by atoms with Crippen LogP contribution in [0.25, 0.3) is 70.9 Å². The summed E-state index contributed by atoms with van der Waals surface area (Å²) in [6.07, 6.45) is 21.3. The third-order valence-corrected chi connectivity index (χ3v) is 13.8. The maximum atomic E-state index is 16.9. The summed E-state index contributed by atoms with van der Waals surface area (Å²) in [6.45, 7) is 4.44. The van der Waals surface area contributed by atoms with Gasteiger partial charge in [0.25, 0.3) is 0 Å². The normalized spacial score (nSPS) is 20.0. The molecule has 0 radical (unpaired) electrons. The lowest BCUT2D eigenvalue weighted by Gasteiger charge is -2.40. The van der Waals surface area contributed by atoms with Gasteiger partial charge < -0.3 is 0 Å². The molecule has 55 heavy (non-hydrogen) atoms. The highest BCUT2D eigenvalue weighted by molar-refractivity contribution is 6.34. The van der Waals surface area contributed by atoms with Crippen LogP contribution < -0.4 is 0 Å². The highest BCUT2D eigenvalue weighted by Gasteiger charge is 2.43. The fraction of sp³-hybridized carbons (Fsp3) is 0.132. The molecule has 0 amide bonds. The van der Waals surface area contributed by atoms with Crippen molar-refractivity contribution in [2.75, 3.05) is 0 Å². The van der Waals surface area contributed by atoms with Crippen LogP contribution >= 0.6 is 0 Å². The Morgan fingerprint density at radius 3 is 1.80 bits per heavy atom. The summed E-state index contributed by atoms with van der Waals surface area (Å²) in [5, 5.41) is 9.50. The van der Waals surface area contributed by atoms with Gasteiger partial charge in [0.15, 0.2) is 0 Å². The molecule has 0 saturated heterocycles. The molecule has 0 N–H and O–H groups in total. The predicted octanol–water partition coefficient (Wildman–Crippen LogP) is 14.3. The molecule has 2 unspecified atom stereocenters. The van der Waals surface area contributed by atoms with Crippen molar-refractivity contribution in [3.05, 3.63) is 196 Å². The van der Waals surface area contributed by atoms with Crippen molar-refractivity contribution < 1.29 is 8.78 Å². The van der Waals surface area contributed by atoms with Crippen LogP contribution in [-0.2, 0) is 5.41 Å². The van der Waals surface area contributed by atoms with E-state index in [9.17, 15) is 0 Å². The quantitative estimate of drug-likeness (QED) is 0.126. The van der Waals surface area contributed by atoms with Gasteiger partial charge in [-0.05, 0) is 136 Å². The Hall–Kier alpha value is -6.12. The van der Waals surface area contributed by atoms with Crippen LogP contribution in [0, 0.1) is 23.5 Å². The van der Waals surface area contributed by atoms with E-state index in [1.807, 2.05) is 0 Å². The largest absolute Gasteiger partial charge is 0.206 e. The molecule has 0 aliphatic heterocycles. The average molecular weight is 711 g/mol. The minimum absolute atomic E-state index is 0.160. The van der Waals surface area contributed by atoms with Crippen molar-refractivity contribution >= 4 is 48.7 Å². The molecule has 0 fully saturated rings. The maximum Gasteiger partial charge on any atom is 0.131 e. The van der Waals surface area contributed by atoms with Gasteiger partial charge in [-0.15, -0.1) is 0 Å². The van der Waals surface area contributed by atoms with Crippen LogP contribution in [0.4, 0.5) is 8.78 Å². The summed E-state index contributed by atoms with van der Waals surface area (Å²) in [6, 6.07) is 31.3. The van der Waals surface area contributed by atoms with E-state index in [-0.39, 0.29) is 23.5 Å². The molecular formula is C53H36F2. The standard InChI is InChI=1S/C53H36F2/c1-3-53(4-2)45-25-43(33-21-19-32-18-17-30-9-5-10-31-20-22-39(33)51(32)49(30)31)47(54)27-41(45)42-28-48(55)44(26-46(42)53)34-23-24-40-37-14-7-12-29-11-6-13-36(50(29)37)38-16-8-15-35(34)52(38)40/h5-28,49,51H,3-4H2,1-2H3. The Balaban J connectivity index is 1.05. The number of hydrogen-bond donors (Lipinski definition) is 0. The molecule has 7 aromatic carbocycles. The zero-order valence-corrected chi connectivity index (χ0v) is 30.7. The summed E-state index contributed by atoms with van der Waals surface area (Å²) in [4.78, 5) is 0. The second-order valence-electron chi connectivity index (χ2n) is 16.0. The Labute approximate surface area is 318 Å². The number of benzene rings is 7.